The van der Waals surface area contributed by atoms with Crippen LogP contribution in [-0.2, 0) is 0 Å². The van der Waals surface area contributed by atoms with Crippen LogP contribution < -0.4 is 5.73 Å². The van der Waals surface area contributed by atoms with Crippen LogP contribution >= 0.6 is 0 Å². The largest absolute Gasteiger partial charge is 0.366 e. The average Bonchev–Trinajstić information content (AvgIpc) is 2.68. The van der Waals surface area contributed by atoms with E-state index in [4.69, 9.17) is 5.73 Å². The van der Waals surface area contributed by atoms with Crippen LogP contribution in [0.1, 0.15) is 34.7 Å². The molecule has 1 amide bonds. The monoisotopic (exact) mass is 347 g/mol. The van der Waals surface area contributed by atoms with Crippen molar-refractivity contribution in [2.45, 2.75) is 18.8 Å². The Morgan fingerprint density at radius 1 is 1.12 bits per heavy atom. The van der Waals surface area contributed by atoms with E-state index in [9.17, 15) is 4.79 Å². The van der Waals surface area contributed by atoms with E-state index in [2.05, 4.69) is 27.1 Å². The Kier molecular flexibility index (Phi) is 4.34. The van der Waals surface area contributed by atoms with Crippen molar-refractivity contribution in [2.75, 3.05) is 20.1 Å². The summed E-state index contributed by atoms with van der Waals surface area (Å²) in [5.41, 5.74) is 9.22. The van der Waals surface area contributed by atoms with E-state index >= 15 is 0 Å². The van der Waals surface area contributed by atoms with Gasteiger partial charge in [0.1, 0.15) is 11.2 Å². The number of benzene rings is 1. The Bertz CT molecular complexity index is 949. The third kappa shape index (κ3) is 3.04. The lowest BCUT2D eigenvalue weighted by Crippen LogP contribution is -2.29. The van der Waals surface area contributed by atoms with Gasteiger partial charge in [0.05, 0.1) is 11.3 Å². The van der Waals surface area contributed by atoms with Gasteiger partial charge >= 0.3 is 0 Å². The standard InChI is InChI=1S/C20H21N5O/c1-25-10-7-13(8-11-25)14-5-6-15(20(21)26)19-16(14)12-18(23-24-19)17-4-2-3-9-22-17/h2-6,9,12-13H,7-8,10-11H2,1H3,(H2,21,26). The zero-order chi connectivity index (χ0) is 18.1. The van der Waals surface area contributed by atoms with Crippen molar-refractivity contribution < 1.29 is 4.79 Å². The van der Waals surface area contributed by atoms with Crippen LogP contribution in [0.2, 0.25) is 0 Å². The molecule has 1 saturated heterocycles. The van der Waals surface area contributed by atoms with E-state index in [0.29, 0.717) is 22.7 Å². The minimum atomic E-state index is -0.482. The number of fused-ring (bicyclic) bond motifs is 1. The van der Waals surface area contributed by atoms with Gasteiger partial charge in [-0.05, 0) is 68.7 Å². The van der Waals surface area contributed by atoms with Crippen molar-refractivity contribution in [1.82, 2.24) is 20.1 Å². The Hall–Kier alpha value is -2.86. The quantitative estimate of drug-likeness (QED) is 0.787. The summed E-state index contributed by atoms with van der Waals surface area (Å²) in [6.07, 6.45) is 3.91. The van der Waals surface area contributed by atoms with Crippen LogP contribution in [-0.4, -0.2) is 46.1 Å². The molecule has 1 fully saturated rings. The van der Waals surface area contributed by atoms with Gasteiger partial charge in [0.2, 0.25) is 0 Å². The Morgan fingerprint density at radius 3 is 2.62 bits per heavy atom. The van der Waals surface area contributed by atoms with Crippen molar-refractivity contribution in [1.29, 1.82) is 0 Å². The first-order valence-electron chi connectivity index (χ1n) is 8.83. The normalized spacial score (nSPS) is 16.0. The lowest BCUT2D eigenvalue weighted by atomic mass is 9.86. The SMILES string of the molecule is CN1CCC(c2ccc(C(N)=O)c3nnc(-c4ccccn4)cc23)CC1. The van der Waals surface area contributed by atoms with Crippen molar-refractivity contribution in [2.24, 2.45) is 5.73 Å². The molecule has 6 nitrogen and oxygen atoms in total. The number of primary amides is 1. The molecule has 0 radical (unpaired) electrons. The van der Waals surface area contributed by atoms with E-state index in [1.807, 2.05) is 30.3 Å². The summed E-state index contributed by atoms with van der Waals surface area (Å²) in [6, 6.07) is 11.5. The second-order valence-electron chi connectivity index (χ2n) is 6.85. The summed E-state index contributed by atoms with van der Waals surface area (Å²) in [7, 11) is 2.15. The molecule has 2 N–H and O–H groups in total. The van der Waals surface area contributed by atoms with Crippen LogP contribution in [0.5, 0.6) is 0 Å². The van der Waals surface area contributed by atoms with E-state index in [-0.39, 0.29) is 0 Å². The molecule has 0 saturated carbocycles. The molecule has 0 spiro atoms. The van der Waals surface area contributed by atoms with Gasteiger partial charge in [-0.3, -0.25) is 9.78 Å². The van der Waals surface area contributed by atoms with Gasteiger partial charge in [0.25, 0.3) is 5.91 Å². The zero-order valence-electron chi connectivity index (χ0n) is 14.7. The van der Waals surface area contributed by atoms with Crippen LogP contribution in [0.15, 0.2) is 42.6 Å². The predicted molar refractivity (Wildman–Crippen MR) is 101 cm³/mol. The summed E-state index contributed by atoms with van der Waals surface area (Å²) < 4.78 is 0. The number of likely N-dealkylation sites (tertiary alicyclic amines) is 1. The van der Waals surface area contributed by atoms with Crippen molar-refractivity contribution in [3.63, 3.8) is 0 Å². The molecule has 0 atom stereocenters. The highest BCUT2D eigenvalue weighted by molar-refractivity contribution is 6.05. The van der Waals surface area contributed by atoms with Gasteiger partial charge in [-0.2, -0.15) is 0 Å². The number of aromatic nitrogens is 3. The third-order valence-corrected chi connectivity index (χ3v) is 5.14. The molecule has 26 heavy (non-hydrogen) atoms. The van der Waals surface area contributed by atoms with E-state index < -0.39 is 5.91 Å². The number of pyridine rings is 1. The second-order valence-corrected chi connectivity index (χ2v) is 6.85. The van der Waals surface area contributed by atoms with Gasteiger partial charge in [-0.1, -0.05) is 12.1 Å². The molecule has 0 aliphatic carbocycles. The summed E-state index contributed by atoms with van der Waals surface area (Å²) in [5, 5.41) is 9.59. The molecule has 6 heteroatoms. The molecular weight excluding hydrogens is 326 g/mol. The minimum absolute atomic E-state index is 0.414. The first-order valence-corrected chi connectivity index (χ1v) is 8.83. The number of hydrogen-bond donors (Lipinski definition) is 1. The third-order valence-electron chi connectivity index (χ3n) is 5.14. The van der Waals surface area contributed by atoms with Crippen LogP contribution in [0, 0.1) is 0 Å². The number of rotatable bonds is 3. The average molecular weight is 347 g/mol. The fourth-order valence-electron chi connectivity index (χ4n) is 3.67. The second kappa shape index (κ2) is 6.80. The number of amides is 1. The predicted octanol–water partition coefficient (Wildman–Crippen LogP) is 2.60. The zero-order valence-corrected chi connectivity index (χ0v) is 14.7. The smallest absolute Gasteiger partial charge is 0.250 e. The van der Waals surface area contributed by atoms with Crippen LogP contribution in [0.4, 0.5) is 0 Å². The maximum atomic E-state index is 11.8. The number of hydrogen-bond acceptors (Lipinski definition) is 5. The van der Waals surface area contributed by atoms with Crippen molar-refractivity contribution in [3.05, 3.63) is 53.7 Å². The fourth-order valence-corrected chi connectivity index (χ4v) is 3.67. The molecule has 1 aromatic carbocycles. The number of carbonyl (C=O) groups excluding carboxylic acids is 1. The van der Waals surface area contributed by atoms with E-state index in [1.54, 1.807) is 12.3 Å². The van der Waals surface area contributed by atoms with Crippen molar-refractivity contribution in [3.8, 4) is 11.4 Å². The molecule has 1 aliphatic heterocycles. The van der Waals surface area contributed by atoms with Gasteiger partial charge in [-0.15, -0.1) is 10.2 Å². The van der Waals surface area contributed by atoms with Gasteiger partial charge in [0.15, 0.2) is 0 Å². The highest BCUT2D eigenvalue weighted by Crippen LogP contribution is 2.34. The maximum Gasteiger partial charge on any atom is 0.250 e. The first-order chi connectivity index (χ1) is 12.6. The Balaban J connectivity index is 1.88. The lowest BCUT2D eigenvalue weighted by Gasteiger charge is -2.30. The number of nitrogens with two attached hydrogens (primary N) is 1. The van der Waals surface area contributed by atoms with Gasteiger partial charge in [0, 0.05) is 11.6 Å². The maximum absolute atomic E-state index is 11.8. The Labute approximate surface area is 152 Å². The molecule has 2 aromatic heterocycles. The number of piperidine rings is 1. The lowest BCUT2D eigenvalue weighted by molar-refractivity contribution is 0.100. The number of nitrogens with zero attached hydrogens (tertiary/aromatic N) is 4. The summed E-state index contributed by atoms with van der Waals surface area (Å²) >= 11 is 0. The highest BCUT2D eigenvalue weighted by Gasteiger charge is 2.22. The molecule has 0 unspecified atom stereocenters. The summed E-state index contributed by atoms with van der Waals surface area (Å²) in [4.78, 5) is 18.5. The summed E-state index contributed by atoms with van der Waals surface area (Å²) in [6.45, 7) is 2.13. The fraction of sp³-hybridized carbons (Fsp3) is 0.300. The van der Waals surface area contributed by atoms with E-state index in [1.165, 1.54) is 5.56 Å². The molecular formula is C20H21N5O. The Morgan fingerprint density at radius 2 is 1.92 bits per heavy atom. The topological polar surface area (TPSA) is 85.0 Å². The van der Waals surface area contributed by atoms with Crippen LogP contribution in [0.3, 0.4) is 0 Å². The number of carbonyl (C=O) groups is 1. The van der Waals surface area contributed by atoms with Gasteiger partial charge in [-0.25, -0.2) is 0 Å². The van der Waals surface area contributed by atoms with Crippen LogP contribution in [0.25, 0.3) is 22.3 Å². The summed E-state index contributed by atoms with van der Waals surface area (Å²) in [5.74, 6) is -0.0405. The highest BCUT2D eigenvalue weighted by atomic mass is 16.1. The molecule has 4 rings (SSSR count). The minimum Gasteiger partial charge on any atom is -0.366 e. The van der Waals surface area contributed by atoms with E-state index in [0.717, 1.165) is 37.0 Å². The molecule has 1 aliphatic rings. The molecule has 132 valence electrons. The first kappa shape index (κ1) is 16.6. The van der Waals surface area contributed by atoms with Crippen molar-refractivity contribution >= 4 is 16.8 Å². The molecule has 0 bridgehead atoms. The molecule has 3 heterocycles. The van der Waals surface area contributed by atoms with Gasteiger partial charge < -0.3 is 10.6 Å². The molecule has 3 aromatic rings.